The summed E-state index contributed by atoms with van der Waals surface area (Å²) in [4.78, 5) is 0. The molecule has 0 aromatic heterocycles. The fourth-order valence-corrected chi connectivity index (χ4v) is 2.86. The zero-order valence-electron chi connectivity index (χ0n) is 14.2. The summed E-state index contributed by atoms with van der Waals surface area (Å²) < 4.78 is 28.0. The van der Waals surface area contributed by atoms with Crippen molar-refractivity contribution in [3.63, 3.8) is 0 Å². The van der Waals surface area contributed by atoms with Gasteiger partial charge in [0.1, 0.15) is 11.6 Å². The van der Waals surface area contributed by atoms with Crippen LogP contribution in [0.1, 0.15) is 12.0 Å². The van der Waals surface area contributed by atoms with E-state index in [-0.39, 0.29) is 23.7 Å². The molecule has 0 aliphatic carbocycles. The second-order valence-corrected chi connectivity index (χ2v) is 6.01. The normalized spacial score (nSPS) is 19.7. The van der Waals surface area contributed by atoms with E-state index < -0.39 is 0 Å². The van der Waals surface area contributed by atoms with Crippen molar-refractivity contribution in [3.05, 3.63) is 59.7 Å². The summed E-state index contributed by atoms with van der Waals surface area (Å²) in [5.74, 6) is -0.652. The lowest BCUT2D eigenvalue weighted by Gasteiger charge is -2.17. The number of hydrogen-bond donors (Lipinski definition) is 3. The zero-order chi connectivity index (χ0) is 17.5. The van der Waals surface area contributed by atoms with Crippen molar-refractivity contribution in [2.45, 2.75) is 24.9 Å². The molecule has 2 atom stereocenters. The Hall–Kier alpha value is -1.82. The Morgan fingerprint density at radius 1 is 1.17 bits per heavy atom. The summed E-state index contributed by atoms with van der Waals surface area (Å²) >= 11 is 0. The van der Waals surface area contributed by atoms with Gasteiger partial charge in [-0.1, -0.05) is 30.3 Å². The first-order valence-corrected chi connectivity index (χ1v) is 8.17. The lowest BCUT2D eigenvalue weighted by Crippen LogP contribution is -2.38. The standard InChI is InChI=1S/C17H18F2N2.C2H7N/c18-13-5-1-3-11(9-13)14-6-2-4-12(17(14)19)10-16-15(20)7-8-21-16;1-3-2/h1-6,9,15-16,21H,7-8,10,20H2;3H,1-2H3. The number of nitrogens with one attached hydrogen (secondary N) is 2. The molecule has 3 nitrogen and oxygen atoms in total. The summed E-state index contributed by atoms with van der Waals surface area (Å²) in [6, 6.07) is 11.4. The molecule has 1 fully saturated rings. The van der Waals surface area contributed by atoms with Gasteiger partial charge in [-0.25, -0.2) is 8.78 Å². The van der Waals surface area contributed by atoms with E-state index in [0.29, 0.717) is 23.1 Å². The smallest absolute Gasteiger partial charge is 0.134 e. The minimum atomic E-state index is -0.364. The molecule has 1 aliphatic rings. The Morgan fingerprint density at radius 3 is 2.50 bits per heavy atom. The molecule has 5 heteroatoms. The van der Waals surface area contributed by atoms with Crippen molar-refractivity contribution in [2.75, 3.05) is 20.6 Å². The molecule has 1 aliphatic heterocycles. The molecular weight excluding hydrogens is 308 g/mol. The van der Waals surface area contributed by atoms with Crippen LogP contribution in [0, 0.1) is 11.6 Å². The van der Waals surface area contributed by atoms with Crippen molar-refractivity contribution in [1.82, 2.24) is 10.6 Å². The van der Waals surface area contributed by atoms with Gasteiger partial charge in [0, 0.05) is 17.6 Å². The molecule has 1 heterocycles. The maximum absolute atomic E-state index is 14.7. The van der Waals surface area contributed by atoms with E-state index in [0.717, 1.165) is 13.0 Å². The lowest BCUT2D eigenvalue weighted by atomic mass is 9.96. The molecule has 0 bridgehead atoms. The fourth-order valence-electron chi connectivity index (χ4n) is 2.86. The Bertz CT molecular complexity index is 661. The predicted octanol–water partition coefficient (Wildman–Crippen LogP) is 2.70. The third-order valence-electron chi connectivity index (χ3n) is 4.06. The highest BCUT2D eigenvalue weighted by atomic mass is 19.1. The summed E-state index contributed by atoms with van der Waals surface area (Å²) in [6.07, 6.45) is 1.46. The lowest BCUT2D eigenvalue weighted by molar-refractivity contribution is 0.520. The van der Waals surface area contributed by atoms with E-state index >= 15 is 0 Å². The van der Waals surface area contributed by atoms with Crippen molar-refractivity contribution in [3.8, 4) is 11.1 Å². The molecule has 2 aromatic rings. The molecule has 4 N–H and O–H groups in total. The Kier molecular flexibility index (Phi) is 6.85. The zero-order valence-corrected chi connectivity index (χ0v) is 14.2. The SMILES string of the molecule is CNC.NC1CCNC1Cc1cccc(-c2cccc(F)c2)c1F. The monoisotopic (exact) mass is 333 g/mol. The van der Waals surface area contributed by atoms with Gasteiger partial charge >= 0.3 is 0 Å². The Morgan fingerprint density at radius 2 is 1.88 bits per heavy atom. The molecule has 3 rings (SSSR count). The number of hydrogen-bond acceptors (Lipinski definition) is 3. The summed E-state index contributed by atoms with van der Waals surface area (Å²) in [5, 5.41) is 6.05. The van der Waals surface area contributed by atoms with Crippen LogP contribution in [0.5, 0.6) is 0 Å². The van der Waals surface area contributed by atoms with Crippen LogP contribution in [-0.2, 0) is 6.42 Å². The summed E-state index contributed by atoms with van der Waals surface area (Å²) in [5.41, 5.74) is 7.61. The highest BCUT2D eigenvalue weighted by molar-refractivity contribution is 5.65. The molecule has 1 saturated heterocycles. The van der Waals surface area contributed by atoms with Gasteiger partial charge in [-0.15, -0.1) is 0 Å². The summed E-state index contributed by atoms with van der Waals surface area (Å²) in [6.45, 7) is 0.872. The third kappa shape index (κ3) is 4.60. The van der Waals surface area contributed by atoms with Gasteiger partial charge in [0.15, 0.2) is 0 Å². The predicted molar refractivity (Wildman–Crippen MR) is 94.9 cm³/mol. The quantitative estimate of drug-likeness (QED) is 0.809. The van der Waals surface area contributed by atoms with Gasteiger partial charge < -0.3 is 16.4 Å². The largest absolute Gasteiger partial charge is 0.326 e. The van der Waals surface area contributed by atoms with Crippen LogP contribution < -0.4 is 16.4 Å². The van der Waals surface area contributed by atoms with E-state index in [1.165, 1.54) is 12.1 Å². The molecule has 2 aromatic carbocycles. The maximum Gasteiger partial charge on any atom is 0.134 e. The first-order chi connectivity index (χ1) is 11.6. The van der Waals surface area contributed by atoms with Crippen LogP contribution >= 0.6 is 0 Å². The molecule has 130 valence electrons. The minimum absolute atomic E-state index is 0.0576. The summed E-state index contributed by atoms with van der Waals surface area (Å²) in [7, 11) is 3.75. The Labute approximate surface area is 142 Å². The van der Waals surface area contributed by atoms with Crippen molar-refractivity contribution in [2.24, 2.45) is 5.73 Å². The molecule has 0 radical (unpaired) electrons. The van der Waals surface area contributed by atoms with Crippen molar-refractivity contribution >= 4 is 0 Å². The van der Waals surface area contributed by atoms with E-state index in [9.17, 15) is 8.78 Å². The highest BCUT2D eigenvalue weighted by Gasteiger charge is 2.24. The second kappa shape index (κ2) is 8.87. The van der Waals surface area contributed by atoms with E-state index in [1.54, 1.807) is 30.3 Å². The van der Waals surface area contributed by atoms with Crippen LogP contribution in [0.2, 0.25) is 0 Å². The van der Waals surface area contributed by atoms with Gasteiger partial charge in [-0.05, 0) is 56.7 Å². The number of benzene rings is 2. The number of halogens is 2. The van der Waals surface area contributed by atoms with Gasteiger partial charge in [0.2, 0.25) is 0 Å². The van der Waals surface area contributed by atoms with Crippen LogP contribution in [0.15, 0.2) is 42.5 Å². The average Bonchev–Trinajstić information content (AvgIpc) is 2.95. The van der Waals surface area contributed by atoms with Gasteiger partial charge in [0.25, 0.3) is 0 Å². The molecular formula is C19H25F2N3. The Balaban J connectivity index is 0.000000647. The second-order valence-electron chi connectivity index (χ2n) is 6.01. The molecule has 2 unspecified atom stereocenters. The average molecular weight is 333 g/mol. The first-order valence-electron chi connectivity index (χ1n) is 8.17. The number of rotatable bonds is 3. The highest BCUT2D eigenvalue weighted by Crippen LogP contribution is 2.26. The van der Waals surface area contributed by atoms with E-state index in [4.69, 9.17) is 5.73 Å². The minimum Gasteiger partial charge on any atom is -0.326 e. The molecule has 0 amide bonds. The van der Waals surface area contributed by atoms with Gasteiger partial charge in [-0.2, -0.15) is 0 Å². The van der Waals surface area contributed by atoms with Crippen LogP contribution in [-0.4, -0.2) is 32.7 Å². The molecule has 0 saturated carbocycles. The molecule has 24 heavy (non-hydrogen) atoms. The maximum atomic E-state index is 14.7. The van der Waals surface area contributed by atoms with Crippen LogP contribution in [0.25, 0.3) is 11.1 Å². The van der Waals surface area contributed by atoms with Gasteiger partial charge in [-0.3, -0.25) is 0 Å². The van der Waals surface area contributed by atoms with E-state index in [1.807, 2.05) is 14.1 Å². The molecule has 0 spiro atoms. The van der Waals surface area contributed by atoms with Crippen molar-refractivity contribution in [1.29, 1.82) is 0 Å². The van der Waals surface area contributed by atoms with Crippen molar-refractivity contribution < 1.29 is 8.78 Å². The van der Waals surface area contributed by atoms with Crippen LogP contribution in [0.3, 0.4) is 0 Å². The first kappa shape index (κ1) is 18.5. The number of nitrogens with two attached hydrogens (primary N) is 1. The van der Waals surface area contributed by atoms with Crippen LogP contribution in [0.4, 0.5) is 8.78 Å². The third-order valence-corrected chi connectivity index (χ3v) is 4.06. The topological polar surface area (TPSA) is 50.1 Å². The fraction of sp³-hybridized carbons (Fsp3) is 0.368. The van der Waals surface area contributed by atoms with E-state index in [2.05, 4.69) is 10.6 Å². The van der Waals surface area contributed by atoms with Gasteiger partial charge in [0.05, 0.1) is 0 Å².